The molecule has 2 nitrogen and oxygen atoms in total. The molecular weight excluding hydrogens is 172 g/mol. The Morgan fingerprint density at radius 1 is 1.36 bits per heavy atom. The van der Waals surface area contributed by atoms with Gasteiger partial charge in [-0.15, -0.1) is 0 Å². The van der Waals surface area contributed by atoms with Crippen LogP contribution < -0.4 is 5.73 Å². The van der Waals surface area contributed by atoms with Crippen LogP contribution in [0.3, 0.4) is 0 Å². The molecular formula is C12H26N2. The molecule has 1 aliphatic heterocycles. The molecule has 14 heavy (non-hydrogen) atoms. The first-order chi connectivity index (χ1) is 6.63. The van der Waals surface area contributed by atoms with Gasteiger partial charge in [-0.1, -0.05) is 20.3 Å². The lowest BCUT2D eigenvalue weighted by Crippen LogP contribution is -2.46. The van der Waals surface area contributed by atoms with Crippen molar-refractivity contribution < 1.29 is 0 Å². The number of piperidine rings is 1. The van der Waals surface area contributed by atoms with Gasteiger partial charge in [0, 0.05) is 25.2 Å². The normalized spacial score (nSPS) is 31.7. The Hall–Kier alpha value is -0.0800. The minimum absolute atomic E-state index is 0.382. The molecule has 0 spiro atoms. The summed E-state index contributed by atoms with van der Waals surface area (Å²) in [6.45, 7) is 9.24. The largest absolute Gasteiger partial charge is 0.327 e. The van der Waals surface area contributed by atoms with E-state index < -0.39 is 0 Å². The van der Waals surface area contributed by atoms with Crippen molar-refractivity contribution in [2.24, 2.45) is 11.7 Å². The second-order valence-electron chi connectivity index (χ2n) is 5.03. The van der Waals surface area contributed by atoms with Gasteiger partial charge in [0.1, 0.15) is 0 Å². The summed E-state index contributed by atoms with van der Waals surface area (Å²) in [7, 11) is 0. The summed E-state index contributed by atoms with van der Waals surface area (Å²) in [4.78, 5) is 2.58. The van der Waals surface area contributed by atoms with E-state index in [9.17, 15) is 0 Å². The topological polar surface area (TPSA) is 29.3 Å². The summed E-state index contributed by atoms with van der Waals surface area (Å²) < 4.78 is 0. The Labute approximate surface area is 88.8 Å². The molecule has 0 aromatic carbocycles. The molecule has 0 aromatic heterocycles. The third-order valence-electron chi connectivity index (χ3n) is 3.38. The number of nitrogens with two attached hydrogens (primary N) is 1. The maximum Gasteiger partial charge on any atom is 0.0167 e. The zero-order valence-corrected chi connectivity index (χ0v) is 10.00. The Morgan fingerprint density at radius 2 is 2.07 bits per heavy atom. The highest BCUT2D eigenvalue weighted by Crippen LogP contribution is 2.21. The number of rotatable bonds is 4. The van der Waals surface area contributed by atoms with Gasteiger partial charge >= 0.3 is 0 Å². The molecule has 0 aliphatic carbocycles. The summed E-state index contributed by atoms with van der Waals surface area (Å²) in [5, 5.41) is 0. The summed E-state index contributed by atoms with van der Waals surface area (Å²) in [6.07, 6.45) is 5.11. The van der Waals surface area contributed by atoms with Crippen LogP contribution in [0.4, 0.5) is 0 Å². The van der Waals surface area contributed by atoms with Gasteiger partial charge in [0.25, 0.3) is 0 Å². The van der Waals surface area contributed by atoms with Crippen LogP contribution in [0.5, 0.6) is 0 Å². The van der Waals surface area contributed by atoms with Crippen molar-refractivity contribution in [3.8, 4) is 0 Å². The van der Waals surface area contributed by atoms with Crippen molar-refractivity contribution in [3.63, 3.8) is 0 Å². The molecule has 0 radical (unpaired) electrons. The molecule has 84 valence electrons. The molecule has 1 fully saturated rings. The molecule has 1 saturated heterocycles. The summed E-state index contributed by atoms with van der Waals surface area (Å²) in [6, 6.07) is 1.13. The predicted octanol–water partition coefficient (Wildman–Crippen LogP) is 2.23. The maximum absolute atomic E-state index is 6.08. The molecule has 0 bridgehead atoms. The lowest BCUT2D eigenvalue weighted by molar-refractivity contribution is 0.116. The van der Waals surface area contributed by atoms with Crippen molar-refractivity contribution in [1.29, 1.82) is 0 Å². The minimum Gasteiger partial charge on any atom is -0.327 e. The van der Waals surface area contributed by atoms with E-state index in [4.69, 9.17) is 5.73 Å². The highest BCUT2D eigenvalue weighted by molar-refractivity contribution is 4.79. The molecule has 1 heterocycles. The van der Waals surface area contributed by atoms with Crippen LogP contribution in [0.25, 0.3) is 0 Å². The Balaban J connectivity index is 2.33. The van der Waals surface area contributed by atoms with Gasteiger partial charge in [-0.25, -0.2) is 0 Å². The predicted molar refractivity (Wildman–Crippen MR) is 62.3 cm³/mol. The molecule has 1 aliphatic rings. The molecule has 0 amide bonds. The van der Waals surface area contributed by atoms with Crippen LogP contribution in [0.2, 0.25) is 0 Å². The van der Waals surface area contributed by atoms with E-state index in [-0.39, 0.29) is 0 Å². The van der Waals surface area contributed by atoms with E-state index in [0.717, 1.165) is 24.9 Å². The zero-order valence-electron chi connectivity index (χ0n) is 10.00. The van der Waals surface area contributed by atoms with Crippen LogP contribution in [0.15, 0.2) is 0 Å². The second kappa shape index (κ2) is 5.72. The zero-order chi connectivity index (χ0) is 10.6. The van der Waals surface area contributed by atoms with Crippen molar-refractivity contribution >= 4 is 0 Å². The van der Waals surface area contributed by atoms with Gasteiger partial charge < -0.3 is 5.73 Å². The Morgan fingerprint density at radius 3 is 2.71 bits per heavy atom. The molecule has 3 atom stereocenters. The van der Waals surface area contributed by atoms with E-state index in [1.54, 1.807) is 0 Å². The summed E-state index contributed by atoms with van der Waals surface area (Å²) in [5.41, 5.74) is 6.08. The lowest BCUT2D eigenvalue weighted by Gasteiger charge is -2.38. The molecule has 0 saturated carbocycles. The monoisotopic (exact) mass is 198 g/mol. The number of nitrogens with zero attached hydrogens (tertiary/aromatic N) is 1. The van der Waals surface area contributed by atoms with Crippen LogP contribution in [0, 0.1) is 5.92 Å². The van der Waals surface area contributed by atoms with E-state index in [1.807, 2.05) is 0 Å². The van der Waals surface area contributed by atoms with Gasteiger partial charge in [0.05, 0.1) is 0 Å². The number of hydrogen-bond donors (Lipinski definition) is 1. The average molecular weight is 198 g/mol. The first-order valence-electron chi connectivity index (χ1n) is 6.13. The highest BCUT2D eigenvalue weighted by atomic mass is 15.2. The summed E-state index contributed by atoms with van der Waals surface area (Å²) >= 11 is 0. The van der Waals surface area contributed by atoms with Crippen molar-refractivity contribution in [2.45, 2.75) is 58.5 Å². The molecule has 1 rings (SSSR count). The maximum atomic E-state index is 6.08. The fourth-order valence-electron chi connectivity index (χ4n) is 2.40. The van der Waals surface area contributed by atoms with Crippen molar-refractivity contribution in [2.75, 3.05) is 13.1 Å². The number of hydrogen-bond acceptors (Lipinski definition) is 2. The van der Waals surface area contributed by atoms with Gasteiger partial charge in [0.2, 0.25) is 0 Å². The smallest absolute Gasteiger partial charge is 0.0167 e. The Bertz CT molecular complexity index is 158. The molecule has 0 aromatic rings. The van der Waals surface area contributed by atoms with Gasteiger partial charge in [0.15, 0.2) is 0 Å². The first-order valence-corrected chi connectivity index (χ1v) is 6.13. The van der Waals surface area contributed by atoms with E-state index in [1.165, 1.54) is 25.8 Å². The van der Waals surface area contributed by atoms with E-state index in [0.29, 0.717) is 6.04 Å². The van der Waals surface area contributed by atoms with Gasteiger partial charge in [-0.3, -0.25) is 4.90 Å². The fourth-order valence-corrected chi connectivity index (χ4v) is 2.40. The van der Waals surface area contributed by atoms with Crippen LogP contribution in [-0.4, -0.2) is 30.1 Å². The van der Waals surface area contributed by atoms with E-state index >= 15 is 0 Å². The molecule has 2 N–H and O–H groups in total. The third kappa shape index (κ3) is 3.58. The van der Waals surface area contributed by atoms with Crippen LogP contribution in [0.1, 0.15) is 46.5 Å². The van der Waals surface area contributed by atoms with Gasteiger partial charge in [-0.2, -0.15) is 0 Å². The van der Waals surface area contributed by atoms with E-state index in [2.05, 4.69) is 25.7 Å². The minimum atomic E-state index is 0.382. The average Bonchev–Trinajstić information content (AvgIpc) is 2.12. The fraction of sp³-hybridized carbons (Fsp3) is 1.00. The second-order valence-corrected chi connectivity index (χ2v) is 5.03. The highest BCUT2D eigenvalue weighted by Gasteiger charge is 2.23. The summed E-state index contributed by atoms with van der Waals surface area (Å²) in [5.74, 6) is 0.861. The van der Waals surface area contributed by atoms with Crippen molar-refractivity contribution in [1.82, 2.24) is 4.90 Å². The van der Waals surface area contributed by atoms with Crippen molar-refractivity contribution in [3.05, 3.63) is 0 Å². The third-order valence-corrected chi connectivity index (χ3v) is 3.38. The Kier molecular flexibility index (Phi) is 4.90. The SMILES string of the molecule is CCCC(N)CN1CC(C)CCC1C. The standard InChI is InChI=1S/C12H26N2/c1-4-5-12(13)9-14-8-10(2)6-7-11(14)3/h10-12H,4-9,13H2,1-3H3. The molecule has 2 heteroatoms. The molecule has 3 unspecified atom stereocenters. The van der Waals surface area contributed by atoms with Crippen LogP contribution in [-0.2, 0) is 0 Å². The quantitative estimate of drug-likeness (QED) is 0.750. The first kappa shape index (κ1) is 12.0. The van der Waals surface area contributed by atoms with Crippen LogP contribution >= 0.6 is 0 Å². The number of likely N-dealkylation sites (tertiary alicyclic amines) is 1. The van der Waals surface area contributed by atoms with Gasteiger partial charge in [-0.05, 0) is 32.1 Å². The lowest BCUT2D eigenvalue weighted by atomic mass is 9.94.